The van der Waals surface area contributed by atoms with Gasteiger partial charge in [-0.2, -0.15) is 0 Å². The van der Waals surface area contributed by atoms with E-state index in [0.717, 1.165) is 21.4 Å². The Morgan fingerprint density at radius 1 is 0.968 bits per heavy atom. The molecule has 0 fully saturated rings. The smallest absolute Gasteiger partial charge is 0.258 e. The van der Waals surface area contributed by atoms with Gasteiger partial charge >= 0.3 is 0 Å². The number of halogens is 1. The average Bonchev–Trinajstić information content (AvgIpc) is 2.80. The Labute approximate surface area is 191 Å². The maximum absolute atomic E-state index is 13.5. The molecule has 3 aromatic rings. The van der Waals surface area contributed by atoms with E-state index >= 15 is 0 Å². The lowest BCUT2D eigenvalue weighted by atomic mass is 9.89. The normalized spacial score (nSPS) is 17.7. The molecule has 158 valence electrons. The fourth-order valence-corrected chi connectivity index (χ4v) is 4.59. The van der Waals surface area contributed by atoms with Crippen molar-refractivity contribution >= 4 is 39.1 Å². The summed E-state index contributed by atoms with van der Waals surface area (Å²) in [5, 5.41) is 0. The third-order valence-corrected chi connectivity index (χ3v) is 6.32. The van der Waals surface area contributed by atoms with Crippen LogP contribution < -0.4 is 9.80 Å². The van der Waals surface area contributed by atoms with Crippen LogP contribution >= 0.6 is 15.9 Å². The fraction of sp³-hybridized carbons (Fsp3) is 0.231. The SMILES string of the molecule is CCC(=O)N(c1ccccc1)C1CC(C)N(C(=O)c2ccc(Br)cc2)c2ccccc21. The zero-order chi connectivity index (χ0) is 22.0. The van der Waals surface area contributed by atoms with E-state index in [1.807, 2.05) is 95.6 Å². The summed E-state index contributed by atoms with van der Waals surface area (Å²) in [5.74, 6) is 0.0462. The third kappa shape index (κ3) is 4.15. The van der Waals surface area contributed by atoms with Crippen LogP contribution in [0.3, 0.4) is 0 Å². The van der Waals surface area contributed by atoms with Gasteiger partial charge in [0, 0.05) is 33.9 Å². The minimum atomic E-state index is -0.130. The molecular weight excluding hydrogens is 452 g/mol. The molecule has 0 aromatic heterocycles. The highest BCUT2D eigenvalue weighted by Gasteiger charge is 2.38. The first-order valence-electron chi connectivity index (χ1n) is 10.6. The molecule has 0 spiro atoms. The molecule has 2 atom stereocenters. The van der Waals surface area contributed by atoms with Gasteiger partial charge in [-0.05, 0) is 61.4 Å². The predicted molar refractivity (Wildman–Crippen MR) is 128 cm³/mol. The summed E-state index contributed by atoms with van der Waals surface area (Å²) in [6, 6.07) is 25.0. The van der Waals surface area contributed by atoms with Crippen LogP contribution in [0, 0.1) is 0 Å². The Morgan fingerprint density at radius 3 is 2.29 bits per heavy atom. The summed E-state index contributed by atoms with van der Waals surface area (Å²) in [6.07, 6.45) is 1.09. The molecule has 4 rings (SSSR count). The van der Waals surface area contributed by atoms with Gasteiger partial charge in [0.2, 0.25) is 5.91 Å². The second-order valence-corrected chi connectivity index (χ2v) is 8.71. The fourth-order valence-electron chi connectivity index (χ4n) is 4.32. The van der Waals surface area contributed by atoms with Gasteiger partial charge < -0.3 is 9.80 Å². The number of carbonyl (C=O) groups excluding carboxylic acids is 2. The van der Waals surface area contributed by atoms with Crippen molar-refractivity contribution in [2.24, 2.45) is 0 Å². The lowest BCUT2D eigenvalue weighted by molar-refractivity contribution is -0.118. The highest BCUT2D eigenvalue weighted by atomic mass is 79.9. The van der Waals surface area contributed by atoms with Gasteiger partial charge in [-0.25, -0.2) is 0 Å². The molecule has 2 amide bonds. The molecule has 4 nitrogen and oxygen atoms in total. The summed E-state index contributed by atoms with van der Waals surface area (Å²) < 4.78 is 0.938. The first-order valence-corrected chi connectivity index (χ1v) is 11.4. The van der Waals surface area contributed by atoms with Crippen LogP contribution in [-0.2, 0) is 4.79 Å². The van der Waals surface area contributed by atoms with Crippen LogP contribution in [0.25, 0.3) is 0 Å². The highest BCUT2D eigenvalue weighted by molar-refractivity contribution is 9.10. The van der Waals surface area contributed by atoms with Crippen LogP contribution in [0.2, 0.25) is 0 Å². The number of carbonyl (C=O) groups is 2. The van der Waals surface area contributed by atoms with Crippen molar-refractivity contribution in [3.05, 3.63) is 94.5 Å². The third-order valence-electron chi connectivity index (χ3n) is 5.79. The van der Waals surface area contributed by atoms with E-state index in [1.54, 1.807) is 0 Å². The topological polar surface area (TPSA) is 40.6 Å². The minimum absolute atomic E-state index is 0.0287. The number of amides is 2. The van der Waals surface area contributed by atoms with Crippen LogP contribution in [0.15, 0.2) is 83.3 Å². The molecule has 5 heteroatoms. The van der Waals surface area contributed by atoms with Crippen LogP contribution in [-0.4, -0.2) is 17.9 Å². The monoisotopic (exact) mass is 476 g/mol. The van der Waals surface area contributed by atoms with Gasteiger partial charge in [0.15, 0.2) is 0 Å². The lowest BCUT2D eigenvalue weighted by Gasteiger charge is -2.43. The molecule has 31 heavy (non-hydrogen) atoms. The van der Waals surface area contributed by atoms with Crippen molar-refractivity contribution in [1.29, 1.82) is 0 Å². The quantitative estimate of drug-likeness (QED) is 0.438. The standard InChI is InChI=1S/C26H25BrN2O2/c1-3-25(30)29(21-9-5-4-6-10-21)24-17-18(2)28(23-12-8-7-11-22(23)24)26(31)19-13-15-20(27)16-14-19/h4-16,18,24H,3,17H2,1-2H3. The summed E-state index contributed by atoms with van der Waals surface area (Å²) in [4.78, 5) is 30.3. The Morgan fingerprint density at radius 2 is 1.61 bits per heavy atom. The zero-order valence-electron chi connectivity index (χ0n) is 17.7. The number of rotatable bonds is 4. The van der Waals surface area contributed by atoms with Gasteiger partial charge in [0.1, 0.15) is 0 Å². The zero-order valence-corrected chi connectivity index (χ0v) is 19.2. The van der Waals surface area contributed by atoms with Crippen LogP contribution in [0.5, 0.6) is 0 Å². The van der Waals surface area contributed by atoms with Crippen LogP contribution in [0.4, 0.5) is 11.4 Å². The number of nitrogens with zero attached hydrogens (tertiary/aromatic N) is 2. The molecule has 1 heterocycles. The van der Waals surface area contributed by atoms with Crippen molar-refractivity contribution in [2.75, 3.05) is 9.80 Å². The Bertz CT molecular complexity index is 1080. The molecule has 3 aromatic carbocycles. The maximum atomic E-state index is 13.5. The summed E-state index contributed by atoms with van der Waals surface area (Å²) in [7, 11) is 0. The Balaban J connectivity index is 1.78. The first-order chi connectivity index (χ1) is 15.0. The largest absolute Gasteiger partial charge is 0.305 e. The van der Waals surface area contributed by atoms with Crippen LogP contribution in [0.1, 0.15) is 48.7 Å². The molecule has 1 aliphatic heterocycles. The number of hydrogen-bond donors (Lipinski definition) is 0. The highest BCUT2D eigenvalue weighted by Crippen LogP contribution is 2.42. The van der Waals surface area contributed by atoms with Crippen molar-refractivity contribution < 1.29 is 9.59 Å². The van der Waals surface area contributed by atoms with E-state index in [-0.39, 0.29) is 23.9 Å². The van der Waals surface area contributed by atoms with E-state index in [4.69, 9.17) is 0 Å². The van der Waals surface area contributed by atoms with Crippen molar-refractivity contribution in [2.45, 2.75) is 38.8 Å². The van der Waals surface area contributed by atoms with Gasteiger partial charge in [-0.3, -0.25) is 9.59 Å². The van der Waals surface area contributed by atoms with Crippen molar-refractivity contribution in [3.63, 3.8) is 0 Å². The summed E-state index contributed by atoms with van der Waals surface area (Å²) in [5.41, 5.74) is 3.39. The van der Waals surface area contributed by atoms with Gasteiger partial charge in [-0.1, -0.05) is 59.3 Å². The molecule has 0 aliphatic carbocycles. The van der Waals surface area contributed by atoms with E-state index < -0.39 is 0 Å². The number of benzene rings is 3. The Kier molecular flexibility index (Phi) is 6.23. The second kappa shape index (κ2) is 9.06. The van der Waals surface area contributed by atoms with Gasteiger partial charge in [-0.15, -0.1) is 0 Å². The second-order valence-electron chi connectivity index (χ2n) is 7.79. The first kappa shape index (κ1) is 21.3. The molecule has 0 bridgehead atoms. The molecule has 0 radical (unpaired) electrons. The average molecular weight is 477 g/mol. The maximum Gasteiger partial charge on any atom is 0.258 e. The van der Waals surface area contributed by atoms with Gasteiger partial charge in [0.05, 0.1) is 6.04 Å². The molecular formula is C26H25BrN2O2. The van der Waals surface area contributed by atoms with E-state index in [2.05, 4.69) is 22.9 Å². The Hall–Kier alpha value is -2.92. The summed E-state index contributed by atoms with van der Waals surface area (Å²) >= 11 is 3.43. The molecule has 0 saturated carbocycles. The molecule has 0 saturated heterocycles. The number of fused-ring (bicyclic) bond motifs is 1. The van der Waals surface area contributed by atoms with Crippen molar-refractivity contribution in [3.8, 4) is 0 Å². The molecule has 1 aliphatic rings. The molecule has 2 unspecified atom stereocenters. The van der Waals surface area contributed by atoms with Crippen molar-refractivity contribution in [1.82, 2.24) is 0 Å². The number of hydrogen-bond acceptors (Lipinski definition) is 2. The van der Waals surface area contributed by atoms with Gasteiger partial charge in [0.25, 0.3) is 5.91 Å². The van der Waals surface area contributed by atoms with E-state index in [1.165, 1.54) is 0 Å². The lowest BCUT2D eigenvalue weighted by Crippen LogP contribution is -2.47. The minimum Gasteiger partial charge on any atom is -0.305 e. The number of para-hydroxylation sites is 2. The predicted octanol–water partition coefficient (Wildman–Crippen LogP) is 6.37. The molecule has 0 N–H and O–H groups in total. The van der Waals surface area contributed by atoms with E-state index in [9.17, 15) is 9.59 Å². The van der Waals surface area contributed by atoms with E-state index in [0.29, 0.717) is 18.4 Å². The number of anilines is 2. The summed E-state index contributed by atoms with van der Waals surface area (Å²) in [6.45, 7) is 3.94.